The van der Waals surface area contributed by atoms with Gasteiger partial charge in [-0.2, -0.15) is 13.2 Å². The summed E-state index contributed by atoms with van der Waals surface area (Å²) in [5, 5.41) is 2.82. The summed E-state index contributed by atoms with van der Waals surface area (Å²) < 4.78 is 65.4. The molecule has 2 aromatic carbocycles. The van der Waals surface area contributed by atoms with Crippen molar-refractivity contribution in [3.8, 4) is 0 Å². The van der Waals surface area contributed by atoms with Gasteiger partial charge in [-0.05, 0) is 67.1 Å². The van der Waals surface area contributed by atoms with E-state index in [-0.39, 0.29) is 33.5 Å². The number of carbonyl (C=O) groups is 2. The SMILES string of the molecule is Cc1cc(C)c(S(=O)(=O)Nc2ccc(NNC(=O)C(F)(F)F)cc2)cc1NC(=O)C(C)CC(C)(C)C. The molecule has 0 aliphatic heterocycles. The number of carbonyl (C=O) groups excluding carboxylic acids is 2. The van der Waals surface area contributed by atoms with Crippen molar-refractivity contribution in [3.63, 3.8) is 0 Å². The maximum Gasteiger partial charge on any atom is 0.472 e. The van der Waals surface area contributed by atoms with E-state index in [1.54, 1.807) is 19.9 Å². The first-order chi connectivity index (χ1) is 16.4. The van der Waals surface area contributed by atoms with E-state index >= 15 is 0 Å². The lowest BCUT2D eigenvalue weighted by Crippen LogP contribution is -2.40. The Morgan fingerprint density at radius 1 is 0.944 bits per heavy atom. The number of hydrazine groups is 1. The minimum absolute atomic E-state index is 0.0356. The summed E-state index contributed by atoms with van der Waals surface area (Å²) in [6.07, 6.45) is -4.39. The molecular formula is C24H31F3N4O4S. The van der Waals surface area contributed by atoms with Crippen LogP contribution < -0.4 is 20.9 Å². The Morgan fingerprint density at radius 3 is 2.03 bits per heavy atom. The number of halogens is 3. The summed E-state index contributed by atoms with van der Waals surface area (Å²) in [6.45, 7) is 11.3. The highest BCUT2D eigenvalue weighted by atomic mass is 32.2. The monoisotopic (exact) mass is 528 g/mol. The highest BCUT2D eigenvalue weighted by molar-refractivity contribution is 7.92. The average Bonchev–Trinajstić information content (AvgIpc) is 2.72. The van der Waals surface area contributed by atoms with E-state index in [9.17, 15) is 31.2 Å². The summed E-state index contributed by atoms with van der Waals surface area (Å²) in [6, 6.07) is 8.28. The minimum atomic E-state index is -5.04. The number of rotatable bonds is 8. The van der Waals surface area contributed by atoms with Crippen LogP contribution in [0, 0.1) is 25.2 Å². The molecule has 0 fully saturated rings. The number of nitrogens with one attached hydrogen (secondary N) is 4. The average molecular weight is 529 g/mol. The molecule has 0 spiro atoms. The first kappa shape index (κ1) is 29.0. The molecule has 2 rings (SSSR count). The van der Waals surface area contributed by atoms with Crippen LogP contribution in [0.15, 0.2) is 41.3 Å². The molecule has 0 saturated carbocycles. The van der Waals surface area contributed by atoms with Gasteiger partial charge in [0.1, 0.15) is 0 Å². The van der Waals surface area contributed by atoms with Crippen LogP contribution >= 0.6 is 0 Å². The van der Waals surface area contributed by atoms with Gasteiger partial charge in [0, 0.05) is 17.3 Å². The number of amides is 2. The minimum Gasteiger partial charge on any atom is -0.326 e. The van der Waals surface area contributed by atoms with E-state index in [0.717, 1.165) is 0 Å². The molecule has 36 heavy (non-hydrogen) atoms. The van der Waals surface area contributed by atoms with Gasteiger partial charge in [-0.3, -0.25) is 25.2 Å². The van der Waals surface area contributed by atoms with E-state index in [0.29, 0.717) is 23.2 Å². The second-order valence-electron chi connectivity index (χ2n) is 9.85. The van der Waals surface area contributed by atoms with Crippen LogP contribution in [0.3, 0.4) is 0 Å². The van der Waals surface area contributed by atoms with Gasteiger partial charge in [0.05, 0.1) is 10.6 Å². The summed E-state index contributed by atoms with van der Waals surface area (Å²) in [5.41, 5.74) is 5.36. The second-order valence-corrected chi connectivity index (χ2v) is 11.5. The van der Waals surface area contributed by atoms with Crippen LogP contribution in [-0.2, 0) is 19.6 Å². The summed E-state index contributed by atoms with van der Waals surface area (Å²) in [7, 11) is -4.07. The van der Waals surface area contributed by atoms with Crippen LogP contribution in [-0.4, -0.2) is 26.4 Å². The lowest BCUT2D eigenvalue weighted by molar-refractivity contribution is -0.173. The fourth-order valence-electron chi connectivity index (χ4n) is 3.56. The van der Waals surface area contributed by atoms with Crippen molar-refractivity contribution in [2.45, 2.75) is 59.0 Å². The molecular weight excluding hydrogens is 497 g/mol. The normalized spacial score (nSPS) is 13.0. The number of benzene rings is 2. The lowest BCUT2D eigenvalue weighted by atomic mass is 9.85. The molecule has 0 radical (unpaired) electrons. The van der Waals surface area contributed by atoms with Crippen LogP contribution in [0.5, 0.6) is 0 Å². The van der Waals surface area contributed by atoms with Gasteiger partial charge in [0.2, 0.25) is 5.91 Å². The molecule has 1 atom stereocenters. The Kier molecular flexibility index (Phi) is 8.66. The molecule has 0 aliphatic rings. The third-order valence-corrected chi connectivity index (χ3v) is 6.67. The summed E-state index contributed by atoms with van der Waals surface area (Å²) in [5.74, 6) is -2.66. The van der Waals surface area contributed by atoms with Crippen molar-refractivity contribution in [2.75, 3.05) is 15.5 Å². The van der Waals surface area contributed by atoms with Crippen molar-refractivity contribution in [3.05, 3.63) is 47.5 Å². The number of hydrogen-bond donors (Lipinski definition) is 4. The molecule has 12 heteroatoms. The van der Waals surface area contributed by atoms with Crippen molar-refractivity contribution in [2.24, 2.45) is 11.3 Å². The summed E-state index contributed by atoms with van der Waals surface area (Å²) >= 11 is 0. The number of alkyl halides is 3. The van der Waals surface area contributed by atoms with E-state index in [4.69, 9.17) is 0 Å². The standard InChI is InChI=1S/C24H31F3N4O4S/c1-14-11-15(2)20(12-19(14)28-21(32)16(3)13-23(4,5)6)36(34,35)31-18-9-7-17(8-10-18)29-30-22(33)24(25,26)27/h7-12,16,29,31H,13H2,1-6H3,(H,28,32)(H,30,33). The molecule has 1 unspecified atom stereocenters. The van der Waals surface area contributed by atoms with Crippen LogP contribution in [0.1, 0.15) is 45.2 Å². The predicted molar refractivity (Wildman–Crippen MR) is 133 cm³/mol. The fraction of sp³-hybridized carbons (Fsp3) is 0.417. The molecule has 0 saturated heterocycles. The van der Waals surface area contributed by atoms with Crippen LogP contribution in [0.25, 0.3) is 0 Å². The van der Waals surface area contributed by atoms with E-state index in [1.165, 1.54) is 35.8 Å². The molecule has 0 aliphatic carbocycles. The van der Waals surface area contributed by atoms with Crippen molar-refractivity contribution in [1.29, 1.82) is 0 Å². The fourth-order valence-corrected chi connectivity index (χ4v) is 4.87. The maximum absolute atomic E-state index is 13.1. The van der Waals surface area contributed by atoms with Crippen LogP contribution in [0.4, 0.5) is 30.2 Å². The molecule has 2 aromatic rings. The van der Waals surface area contributed by atoms with Gasteiger partial charge in [-0.25, -0.2) is 8.42 Å². The quantitative estimate of drug-likeness (QED) is 0.355. The zero-order valence-corrected chi connectivity index (χ0v) is 21.7. The number of aryl methyl sites for hydroxylation is 2. The van der Waals surface area contributed by atoms with Gasteiger partial charge in [0.15, 0.2) is 0 Å². The Hall–Kier alpha value is -3.28. The van der Waals surface area contributed by atoms with Crippen LogP contribution in [0.2, 0.25) is 0 Å². The van der Waals surface area contributed by atoms with Gasteiger partial charge in [0.25, 0.3) is 10.0 Å². The van der Waals surface area contributed by atoms with Gasteiger partial charge in [-0.15, -0.1) is 0 Å². The number of sulfonamides is 1. The van der Waals surface area contributed by atoms with E-state index in [2.05, 4.69) is 15.5 Å². The van der Waals surface area contributed by atoms with Gasteiger partial charge in [-0.1, -0.05) is 33.8 Å². The second kappa shape index (κ2) is 10.8. The molecule has 8 nitrogen and oxygen atoms in total. The predicted octanol–water partition coefficient (Wildman–Crippen LogP) is 5.12. The lowest BCUT2D eigenvalue weighted by Gasteiger charge is -2.23. The van der Waals surface area contributed by atoms with Gasteiger partial charge < -0.3 is 5.32 Å². The molecule has 2 amide bonds. The highest BCUT2D eigenvalue weighted by Gasteiger charge is 2.38. The Morgan fingerprint density at radius 2 is 1.50 bits per heavy atom. The van der Waals surface area contributed by atoms with E-state index in [1.807, 2.05) is 27.7 Å². The zero-order chi connectivity index (χ0) is 27.5. The smallest absolute Gasteiger partial charge is 0.326 e. The van der Waals surface area contributed by atoms with Crippen molar-refractivity contribution in [1.82, 2.24) is 5.43 Å². The number of hydrogen-bond acceptors (Lipinski definition) is 5. The zero-order valence-electron chi connectivity index (χ0n) is 20.9. The largest absolute Gasteiger partial charge is 0.472 e. The first-order valence-electron chi connectivity index (χ1n) is 11.1. The Bertz CT molecular complexity index is 1220. The molecule has 0 heterocycles. The van der Waals surface area contributed by atoms with E-state index < -0.39 is 22.1 Å². The van der Waals surface area contributed by atoms with Crippen molar-refractivity contribution >= 4 is 38.9 Å². The van der Waals surface area contributed by atoms with Gasteiger partial charge >= 0.3 is 12.1 Å². The maximum atomic E-state index is 13.1. The topological polar surface area (TPSA) is 116 Å². The van der Waals surface area contributed by atoms with Crippen molar-refractivity contribution < 1.29 is 31.2 Å². The Labute approximate surface area is 209 Å². The highest BCUT2D eigenvalue weighted by Crippen LogP contribution is 2.29. The molecule has 0 aromatic heterocycles. The third-order valence-electron chi connectivity index (χ3n) is 5.15. The Balaban J connectivity index is 2.18. The molecule has 198 valence electrons. The third kappa shape index (κ3) is 8.14. The molecule has 4 N–H and O–H groups in total. The molecule has 0 bridgehead atoms. The summed E-state index contributed by atoms with van der Waals surface area (Å²) in [4.78, 5) is 23.5. The number of anilines is 3. The first-order valence-corrected chi connectivity index (χ1v) is 12.6.